The molecule has 0 N–H and O–H groups in total. The van der Waals surface area contributed by atoms with Crippen LogP contribution in [0.2, 0.25) is 0 Å². The summed E-state index contributed by atoms with van der Waals surface area (Å²) < 4.78 is 25.1. The van der Waals surface area contributed by atoms with Crippen LogP contribution < -0.4 is 10.9 Å². The third kappa shape index (κ3) is 13.5. The average molecular weight is 821 g/mol. The molecule has 0 atom stereocenters. The van der Waals surface area contributed by atoms with E-state index in [4.69, 9.17) is 18.6 Å². The van der Waals surface area contributed by atoms with Crippen LogP contribution in [0, 0.1) is 17.8 Å². The fourth-order valence-corrected chi connectivity index (χ4v) is 4.25. The van der Waals surface area contributed by atoms with E-state index in [1.54, 1.807) is 0 Å². The second-order valence-corrected chi connectivity index (χ2v) is 16.7. The molecule has 0 unspecified atom stereocenters. The molecule has 2 saturated heterocycles. The van der Waals surface area contributed by atoms with Crippen LogP contribution in [0.5, 0.6) is 0 Å². The van der Waals surface area contributed by atoms with Gasteiger partial charge in [0.15, 0.2) is 0 Å². The van der Waals surface area contributed by atoms with Crippen molar-refractivity contribution in [1.29, 1.82) is 0 Å². The van der Waals surface area contributed by atoms with Crippen molar-refractivity contribution in [2.24, 2.45) is 10.8 Å². The first-order valence-electron chi connectivity index (χ1n) is 15.0. The molecule has 9 heteroatoms. The Labute approximate surface area is 294 Å². The zero-order valence-corrected chi connectivity index (χ0v) is 36.0. The van der Waals surface area contributed by atoms with Gasteiger partial charge in [-0.3, -0.25) is 0 Å². The minimum atomic E-state index is -0.276. The van der Waals surface area contributed by atoms with E-state index in [9.17, 15) is 0 Å². The Balaban J connectivity index is 0.000000360. The molecular weight excluding hydrogens is 766 g/mol. The molecule has 2 aliphatic heterocycles. The van der Waals surface area contributed by atoms with Crippen LogP contribution in [0.3, 0.4) is 0 Å². The monoisotopic (exact) mass is 818 g/mol. The Morgan fingerprint density at radius 3 is 1.14 bits per heavy atom. The molecule has 43 heavy (non-hydrogen) atoms. The molecule has 0 radical (unpaired) electrons. The quantitative estimate of drug-likeness (QED) is 0.176. The van der Waals surface area contributed by atoms with Gasteiger partial charge in [0.2, 0.25) is 0 Å². The number of hydrogen-bond donors (Lipinski definition) is 0. The summed E-state index contributed by atoms with van der Waals surface area (Å²) in [6, 6.07) is 16.7. The molecule has 4 rings (SSSR count). The average Bonchev–Trinajstić information content (AvgIpc) is 3.19. The predicted molar refractivity (Wildman–Crippen MR) is 194 cm³/mol. The summed E-state index contributed by atoms with van der Waals surface area (Å²) in [5, 5.41) is 0. The molecule has 0 spiro atoms. The molecule has 2 heterocycles. The van der Waals surface area contributed by atoms with Gasteiger partial charge in [-0.25, -0.2) is 0 Å². The fraction of sp³-hybridized carbons (Fsp3) is 0.618. The van der Waals surface area contributed by atoms with Gasteiger partial charge in [-0.15, -0.1) is 0 Å². The van der Waals surface area contributed by atoms with Crippen LogP contribution in [0.15, 0.2) is 53.0 Å². The van der Waals surface area contributed by atoms with Crippen LogP contribution in [0.1, 0.15) is 102 Å². The van der Waals surface area contributed by atoms with Crippen molar-refractivity contribution in [2.75, 3.05) is 0 Å². The SMILES string of the molecule is CC(C)(C)Cc1ccc(B2OC(C)(C)C(C)(C)O2)cc1.CC1(C)OB(c2ccc(Br)cc2)OC1(C)C.[CH2-]C(C)(C)C.[Zn+][I]. The Morgan fingerprint density at radius 2 is 0.884 bits per heavy atom. The molecule has 4 nitrogen and oxygen atoms in total. The van der Waals surface area contributed by atoms with Gasteiger partial charge in [-0.2, -0.15) is 5.41 Å². The fourth-order valence-electron chi connectivity index (χ4n) is 3.98. The second kappa shape index (κ2) is 15.9. The van der Waals surface area contributed by atoms with Crippen molar-refractivity contribution in [3.8, 4) is 0 Å². The Morgan fingerprint density at radius 1 is 0.628 bits per heavy atom. The normalized spacial score (nSPS) is 19.8. The molecule has 0 aromatic heterocycles. The number of rotatable bonds is 3. The van der Waals surface area contributed by atoms with Crippen molar-refractivity contribution in [1.82, 2.24) is 0 Å². The molecule has 0 bridgehead atoms. The van der Waals surface area contributed by atoms with Gasteiger partial charge >= 0.3 is 48.8 Å². The summed E-state index contributed by atoms with van der Waals surface area (Å²) in [6.45, 7) is 33.4. The zero-order chi connectivity index (χ0) is 33.7. The van der Waals surface area contributed by atoms with Gasteiger partial charge in [0.1, 0.15) is 0 Å². The second-order valence-electron chi connectivity index (χ2n) is 15.8. The molecule has 0 saturated carbocycles. The zero-order valence-electron chi connectivity index (χ0n) is 29.3. The molecule has 2 aromatic rings. The molecule has 0 amide bonds. The van der Waals surface area contributed by atoms with Crippen LogP contribution in [0.25, 0.3) is 0 Å². The summed E-state index contributed by atoms with van der Waals surface area (Å²) in [4.78, 5) is 0. The van der Waals surface area contributed by atoms with Gasteiger partial charge in [-0.1, -0.05) is 93.9 Å². The molecule has 236 valence electrons. The van der Waals surface area contributed by atoms with Gasteiger partial charge in [-0.05, 0) is 95.8 Å². The third-order valence-electron chi connectivity index (χ3n) is 7.64. The molecule has 2 aliphatic rings. The van der Waals surface area contributed by atoms with E-state index >= 15 is 0 Å². The summed E-state index contributed by atoms with van der Waals surface area (Å²) in [5.41, 5.74) is 2.98. The number of hydrogen-bond acceptors (Lipinski definition) is 4. The van der Waals surface area contributed by atoms with Crippen molar-refractivity contribution >= 4 is 60.8 Å². The van der Waals surface area contributed by atoms with Crippen molar-refractivity contribution in [2.45, 2.75) is 126 Å². The van der Waals surface area contributed by atoms with E-state index in [0.717, 1.165) is 21.8 Å². The van der Waals surface area contributed by atoms with E-state index in [1.165, 1.54) is 20.4 Å². The standard InChI is InChI=1S/C17H27BO2.C12H16BBrO2.C5H11.HI.Zn/c1-15(2,3)12-13-8-10-14(11-9-13)18-19-16(4,5)17(6,7)20-18;1-11(2)12(3,4)16-13(15-11)9-5-7-10(14)8-6-9;1-5(2,3)4;;/h8-11H,12H2,1-7H3;5-8H,1-4H3;1H2,2-4H3;1H;/q;;-1;;+2/p-1. The first-order valence-corrected chi connectivity index (χ1v) is 24.8. The van der Waals surface area contributed by atoms with Crippen LogP contribution in [-0.4, -0.2) is 36.6 Å². The molecule has 2 fully saturated rings. The van der Waals surface area contributed by atoms with E-state index in [2.05, 4.69) is 164 Å². The van der Waals surface area contributed by atoms with Gasteiger partial charge in [0.25, 0.3) is 0 Å². The first-order chi connectivity index (χ1) is 19.3. The Bertz CT molecular complexity index is 1090. The van der Waals surface area contributed by atoms with E-state index in [-0.39, 0.29) is 42.1 Å². The summed E-state index contributed by atoms with van der Waals surface area (Å²) >= 11 is 7.04. The van der Waals surface area contributed by atoms with Crippen molar-refractivity contribution in [3.63, 3.8) is 0 Å². The molecular formula is C34H54B2BrIO4Zn. The van der Waals surface area contributed by atoms with E-state index in [0.29, 0.717) is 5.41 Å². The molecule has 2 aromatic carbocycles. The summed E-state index contributed by atoms with van der Waals surface area (Å²) in [7, 11) is -0.526. The third-order valence-corrected chi connectivity index (χ3v) is 8.16. The Kier molecular flexibility index (Phi) is 15.3. The summed E-state index contributed by atoms with van der Waals surface area (Å²) in [5.74, 6) is 0. The van der Waals surface area contributed by atoms with Gasteiger partial charge in [0.05, 0.1) is 22.4 Å². The van der Waals surface area contributed by atoms with E-state index in [1.807, 2.05) is 24.3 Å². The maximum atomic E-state index is 6.07. The Hall–Kier alpha value is 0.243. The summed E-state index contributed by atoms with van der Waals surface area (Å²) in [6.07, 6.45) is 1.08. The minimum absolute atomic E-state index is 0.250. The van der Waals surface area contributed by atoms with Crippen LogP contribution >= 0.6 is 35.7 Å². The van der Waals surface area contributed by atoms with Crippen LogP contribution in [-0.2, 0) is 39.8 Å². The van der Waals surface area contributed by atoms with Gasteiger partial charge in [0, 0.05) is 4.47 Å². The van der Waals surface area contributed by atoms with Gasteiger partial charge < -0.3 is 25.5 Å². The van der Waals surface area contributed by atoms with E-state index < -0.39 is 0 Å². The predicted octanol–water partition coefficient (Wildman–Crippen LogP) is 9.07. The number of halogens is 2. The first kappa shape index (κ1) is 41.3. The topological polar surface area (TPSA) is 36.9 Å². The van der Waals surface area contributed by atoms with Crippen LogP contribution in [0.4, 0.5) is 0 Å². The maximum absolute atomic E-state index is 6.07. The number of benzene rings is 2. The molecule has 0 aliphatic carbocycles. The van der Waals surface area contributed by atoms with Crippen molar-refractivity contribution < 1.29 is 33.4 Å². The van der Waals surface area contributed by atoms with Crippen molar-refractivity contribution in [3.05, 3.63) is 65.5 Å².